The SMILES string of the molecule is Cc1cc(N2C(=O)C(O)=C(C(=O)c3cccs3)[C@@H]2c2cccs2)no1. The molecule has 0 aliphatic carbocycles. The number of thiophene rings is 2. The second-order valence-corrected chi connectivity index (χ2v) is 7.38. The lowest BCUT2D eigenvalue weighted by Gasteiger charge is -2.22. The van der Waals surface area contributed by atoms with Crippen LogP contribution in [0.25, 0.3) is 0 Å². The molecule has 126 valence electrons. The molecule has 0 bridgehead atoms. The Morgan fingerprint density at radius 3 is 2.64 bits per heavy atom. The van der Waals surface area contributed by atoms with Crippen LogP contribution in [0.3, 0.4) is 0 Å². The highest BCUT2D eigenvalue weighted by molar-refractivity contribution is 7.12. The number of aryl methyl sites for hydroxylation is 1. The molecule has 8 heteroatoms. The molecule has 1 amide bonds. The van der Waals surface area contributed by atoms with Crippen LogP contribution >= 0.6 is 22.7 Å². The number of anilines is 1. The molecular formula is C17H12N2O4S2. The molecule has 0 saturated carbocycles. The highest BCUT2D eigenvalue weighted by Crippen LogP contribution is 2.43. The van der Waals surface area contributed by atoms with E-state index >= 15 is 0 Å². The highest BCUT2D eigenvalue weighted by atomic mass is 32.1. The zero-order valence-corrected chi connectivity index (χ0v) is 14.6. The number of ketones is 1. The summed E-state index contributed by atoms with van der Waals surface area (Å²) in [6, 6.07) is 7.95. The van der Waals surface area contributed by atoms with Crippen LogP contribution in [0.4, 0.5) is 5.82 Å². The van der Waals surface area contributed by atoms with E-state index in [4.69, 9.17) is 4.52 Å². The van der Waals surface area contributed by atoms with E-state index in [0.29, 0.717) is 10.6 Å². The molecule has 6 nitrogen and oxygen atoms in total. The third-order valence-electron chi connectivity index (χ3n) is 3.87. The third-order valence-corrected chi connectivity index (χ3v) is 5.67. The molecule has 0 aromatic carbocycles. The largest absolute Gasteiger partial charge is 0.503 e. The summed E-state index contributed by atoms with van der Waals surface area (Å²) in [5, 5.41) is 18.0. The minimum atomic E-state index is -0.730. The second-order valence-electron chi connectivity index (χ2n) is 5.46. The maximum atomic E-state index is 12.9. The first kappa shape index (κ1) is 15.8. The minimum Gasteiger partial charge on any atom is -0.503 e. The molecule has 3 aromatic rings. The average Bonchev–Trinajstić information content (AvgIpc) is 3.36. The van der Waals surface area contributed by atoms with Crippen LogP contribution in [-0.2, 0) is 4.79 Å². The number of aromatic nitrogens is 1. The molecule has 0 saturated heterocycles. The Kier molecular flexibility index (Phi) is 3.78. The summed E-state index contributed by atoms with van der Waals surface area (Å²) in [6.07, 6.45) is 0. The van der Waals surface area contributed by atoms with E-state index in [9.17, 15) is 14.7 Å². The van der Waals surface area contributed by atoms with Gasteiger partial charge in [-0.2, -0.15) is 0 Å². The Balaban J connectivity index is 1.86. The molecule has 0 spiro atoms. The number of amides is 1. The summed E-state index contributed by atoms with van der Waals surface area (Å²) in [5.41, 5.74) is 0.0653. The zero-order chi connectivity index (χ0) is 17.6. The van der Waals surface area contributed by atoms with Gasteiger partial charge in [-0.15, -0.1) is 22.7 Å². The normalized spacial score (nSPS) is 17.6. The van der Waals surface area contributed by atoms with Gasteiger partial charge in [0.15, 0.2) is 11.6 Å². The van der Waals surface area contributed by atoms with E-state index in [1.165, 1.54) is 27.6 Å². The van der Waals surface area contributed by atoms with Crippen molar-refractivity contribution in [3.8, 4) is 0 Å². The zero-order valence-electron chi connectivity index (χ0n) is 13.0. The Morgan fingerprint density at radius 1 is 1.28 bits per heavy atom. The van der Waals surface area contributed by atoms with Gasteiger partial charge in [-0.25, -0.2) is 0 Å². The van der Waals surface area contributed by atoms with Crippen molar-refractivity contribution in [1.82, 2.24) is 5.16 Å². The number of hydrogen-bond acceptors (Lipinski definition) is 7. The summed E-state index contributed by atoms with van der Waals surface area (Å²) in [5.74, 6) is -0.766. The quantitative estimate of drug-likeness (QED) is 0.703. The van der Waals surface area contributed by atoms with E-state index < -0.39 is 17.7 Å². The molecule has 3 aromatic heterocycles. The van der Waals surface area contributed by atoms with Crippen molar-refractivity contribution in [1.29, 1.82) is 0 Å². The molecule has 1 aliphatic heterocycles. The maximum Gasteiger partial charge on any atom is 0.295 e. The maximum absolute atomic E-state index is 12.9. The van der Waals surface area contributed by atoms with Crippen molar-refractivity contribution in [2.45, 2.75) is 13.0 Å². The predicted octanol–water partition coefficient (Wildman–Crippen LogP) is 3.89. The average molecular weight is 372 g/mol. The fourth-order valence-electron chi connectivity index (χ4n) is 2.80. The molecular weight excluding hydrogens is 360 g/mol. The van der Waals surface area contributed by atoms with Crippen molar-refractivity contribution < 1.29 is 19.2 Å². The van der Waals surface area contributed by atoms with Crippen LogP contribution in [0.2, 0.25) is 0 Å². The molecule has 4 heterocycles. The summed E-state index contributed by atoms with van der Waals surface area (Å²) < 4.78 is 5.07. The van der Waals surface area contributed by atoms with Gasteiger partial charge in [-0.05, 0) is 29.8 Å². The Labute approximate surface area is 150 Å². The van der Waals surface area contributed by atoms with E-state index in [2.05, 4.69) is 5.16 Å². The first-order valence-electron chi connectivity index (χ1n) is 7.39. The molecule has 0 fully saturated rings. The van der Waals surface area contributed by atoms with Gasteiger partial charge in [-0.3, -0.25) is 14.5 Å². The molecule has 1 atom stereocenters. The summed E-state index contributed by atoms with van der Waals surface area (Å²) in [4.78, 5) is 28.2. The Morgan fingerprint density at radius 2 is 2.04 bits per heavy atom. The molecule has 0 unspecified atom stereocenters. The molecule has 25 heavy (non-hydrogen) atoms. The minimum absolute atomic E-state index is 0.0653. The lowest BCUT2D eigenvalue weighted by atomic mass is 10.0. The number of aliphatic hydroxyl groups excluding tert-OH is 1. The van der Waals surface area contributed by atoms with Gasteiger partial charge in [0.2, 0.25) is 5.78 Å². The van der Waals surface area contributed by atoms with Crippen LogP contribution in [0.1, 0.15) is 26.4 Å². The number of Topliss-reactive ketones (excluding diaryl/α,β-unsaturated/α-hetero) is 1. The standard InChI is InChI=1S/C17H12N2O4S2/c1-9-8-12(18-23-9)19-14(10-4-2-6-24-10)13(16(21)17(19)22)15(20)11-5-3-7-25-11/h2-8,14,21H,1H3/t14-/m0/s1. The Hall–Kier alpha value is -2.71. The lowest BCUT2D eigenvalue weighted by Crippen LogP contribution is -2.30. The van der Waals surface area contributed by atoms with Crippen molar-refractivity contribution in [3.05, 3.63) is 67.9 Å². The smallest absolute Gasteiger partial charge is 0.295 e. The highest BCUT2D eigenvalue weighted by Gasteiger charge is 2.46. The fraction of sp³-hybridized carbons (Fsp3) is 0.118. The van der Waals surface area contributed by atoms with Crippen LogP contribution in [0, 0.1) is 6.92 Å². The molecule has 0 radical (unpaired) electrons. The number of aliphatic hydroxyl groups is 1. The summed E-state index contributed by atoms with van der Waals surface area (Å²) >= 11 is 2.67. The number of hydrogen-bond donors (Lipinski definition) is 1. The van der Waals surface area contributed by atoms with Crippen LogP contribution in [0.5, 0.6) is 0 Å². The van der Waals surface area contributed by atoms with Gasteiger partial charge in [-0.1, -0.05) is 17.3 Å². The number of nitrogens with zero attached hydrogens (tertiary/aromatic N) is 2. The first-order chi connectivity index (χ1) is 12.1. The second kappa shape index (κ2) is 5.98. The first-order valence-corrected chi connectivity index (χ1v) is 9.15. The number of rotatable bonds is 4. The summed E-state index contributed by atoms with van der Waals surface area (Å²) in [6.45, 7) is 1.71. The summed E-state index contributed by atoms with van der Waals surface area (Å²) in [7, 11) is 0. The van der Waals surface area contributed by atoms with Gasteiger partial charge in [0.1, 0.15) is 11.8 Å². The van der Waals surface area contributed by atoms with E-state index in [1.54, 1.807) is 30.5 Å². The van der Waals surface area contributed by atoms with Gasteiger partial charge in [0.25, 0.3) is 5.91 Å². The van der Waals surface area contributed by atoms with Crippen LogP contribution in [-0.4, -0.2) is 22.0 Å². The van der Waals surface area contributed by atoms with Gasteiger partial charge >= 0.3 is 0 Å². The molecule has 1 N–H and O–H groups in total. The number of carbonyl (C=O) groups is 2. The van der Waals surface area contributed by atoms with E-state index in [1.807, 2.05) is 17.5 Å². The lowest BCUT2D eigenvalue weighted by molar-refractivity contribution is -0.117. The topological polar surface area (TPSA) is 83.6 Å². The monoisotopic (exact) mass is 372 g/mol. The van der Waals surface area contributed by atoms with Crippen molar-refractivity contribution in [3.63, 3.8) is 0 Å². The molecule has 4 rings (SSSR count). The van der Waals surface area contributed by atoms with Crippen LogP contribution in [0.15, 0.2) is 56.9 Å². The van der Waals surface area contributed by atoms with E-state index in [-0.39, 0.29) is 17.2 Å². The van der Waals surface area contributed by atoms with Crippen molar-refractivity contribution in [2.75, 3.05) is 4.90 Å². The van der Waals surface area contributed by atoms with Gasteiger partial charge in [0, 0.05) is 10.9 Å². The fourth-order valence-corrected chi connectivity index (χ4v) is 4.30. The van der Waals surface area contributed by atoms with Gasteiger partial charge < -0.3 is 9.63 Å². The van der Waals surface area contributed by atoms with Crippen molar-refractivity contribution in [2.24, 2.45) is 0 Å². The Bertz CT molecular complexity index is 970. The third kappa shape index (κ3) is 2.50. The predicted molar refractivity (Wildman–Crippen MR) is 94.1 cm³/mol. The van der Waals surface area contributed by atoms with Gasteiger partial charge in [0.05, 0.1) is 10.5 Å². The number of carbonyl (C=O) groups excluding carboxylic acids is 2. The van der Waals surface area contributed by atoms with E-state index in [0.717, 1.165) is 4.88 Å². The van der Waals surface area contributed by atoms with Crippen molar-refractivity contribution >= 4 is 40.2 Å². The van der Waals surface area contributed by atoms with Crippen LogP contribution < -0.4 is 4.90 Å². The molecule has 1 aliphatic rings.